The molecular formula is C23H25N3O4S. The van der Waals surface area contributed by atoms with Gasteiger partial charge in [0.1, 0.15) is 0 Å². The first-order valence-electron chi connectivity index (χ1n) is 9.81. The van der Waals surface area contributed by atoms with Crippen molar-refractivity contribution in [3.05, 3.63) is 59.0 Å². The molecule has 2 amide bonds. The zero-order valence-corrected chi connectivity index (χ0v) is 18.7. The molecule has 0 atom stereocenters. The van der Waals surface area contributed by atoms with Gasteiger partial charge in [-0.1, -0.05) is 18.2 Å². The highest BCUT2D eigenvalue weighted by Crippen LogP contribution is 2.29. The number of carbonyl (C=O) groups excluding carboxylic acids is 2. The Kier molecular flexibility index (Phi) is 7.25. The SMILES string of the molecule is COc1cc(C(=O)NCC(=O)NN=C(C)c2csc3ccccc23)ccc1OC(C)C. The van der Waals surface area contributed by atoms with Gasteiger partial charge < -0.3 is 14.8 Å². The maximum absolute atomic E-state index is 12.4. The van der Waals surface area contributed by atoms with Crippen LogP contribution in [0.3, 0.4) is 0 Å². The summed E-state index contributed by atoms with van der Waals surface area (Å²) < 4.78 is 12.1. The van der Waals surface area contributed by atoms with Gasteiger partial charge in [-0.25, -0.2) is 5.43 Å². The van der Waals surface area contributed by atoms with E-state index >= 15 is 0 Å². The molecule has 0 spiro atoms. The van der Waals surface area contributed by atoms with E-state index in [-0.39, 0.29) is 12.6 Å². The molecule has 0 aliphatic rings. The van der Waals surface area contributed by atoms with Crippen LogP contribution in [0.15, 0.2) is 52.9 Å². The van der Waals surface area contributed by atoms with Crippen LogP contribution in [-0.2, 0) is 4.79 Å². The number of nitrogens with one attached hydrogen (secondary N) is 2. The topological polar surface area (TPSA) is 89.0 Å². The minimum absolute atomic E-state index is 0.0200. The van der Waals surface area contributed by atoms with E-state index in [1.165, 1.54) is 7.11 Å². The van der Waals surface area contributed by atoms with Gasteiger partial charge in [-0.3, -0.25) is 9.59 Å². The van der Waals surface area contributed by atoms with Crippen molar-refractivity contribution in [2.24, 2.45) is 5.10 Å². The third kappa shape index (κ3) is 5.61. The summed E-state index contributed by atoms with van der Waals surface area (Å²) in [5.74, 6) is 0.194. The molecule has 0 saturated carbocycles. The van der Waals surface area contributed by atoms with Crippen molar-refractivity contribution in [1.29, 1.82) is 0 Å². The molecule has 0 unspecified atom stereocenters. The highest BCUT2D eigenvalue weighted by molar-refractivity contribution is 7.17. The summed E-state index contributed by atoms with van der Waals surface area (Å²) in [7, 11) is 1.51. The first-order valence-corrected chi connectivity index (χ1v) is 10.7. The van der Waals surface area contributed by atoms with Crippen molar-refractivity contribution >= 4 is 38.9 Å². The van der Waals surface area contributed by atoms with Crippen molar-refractivity contribution in [3.63, 3.8) is 0 Å². The average molecular weight is 440 g/mol. The second kappa shape index (κ2) is 10.1. The zero-order chi connectivity index (χ0) is 22.4. The van der Waals surface area contributed by atoms with Crippen molar-refractivity contribution in [3.8, 4) is 11.5 Å². The molecular weight excluding hydrogens is 414 g/mol. The number of hydrogen-bond acceptors (Lipinski definition) is 6. The van der Waals surface area contributed by atoms with Gasteiger partial charge in [0.25, 0.3) is 11.8 Å². The van der Waals surface area contributed by atoms with Crippen molar-refractivity contribution in [1.82, 2.24) is 10.7 Å². The molecule has 0 bridgehead atoms. The fourth-order valence-electron chi connectivity index (χ4n) is 2.93. The van der Waals surface area contributed by atoms with Crippen LogP contribution < -0.4 is 20.2 Å². The highest BCUT2D eigenvalue weighted by atomic mass is 32.1. The van der Waals surface area contributed by atoms with E-state index in [4.69, 9.17) is 9.47 Å². The van der Waals surface area contributed by atoms with Crippen LogP contribution in [0.25, 0.3) is 10.1 Å². The molecule has 2 aromatic carbocycles. The number of benzene rings is 2. The van der Waals surface area contributed by atoms with Gasteiger partial charge in [-0.05, 0) is 45.0 Å². The Hall–Kier alpha value is -3.39. The molecule has 3 rings (SSSR count). The number of fused-ring (bicyclic) bond motifs is 1. The summed E-state index contributed by atoms with van der Waals surface area (Å²) in [4.78, 5) is 24.5. The number of rotatable bonds is 8. The van der Waals surface area contributed by atoms with E-state index in [2.05, 4.69) is 15.8 Å². The van der Waals surface area contributed by atoms with Crippen LogP contribution in [0.4, 0.5) is 0 Å². The van der Waals surface area contributed by atoms with Crippen LogP contribution in [0.1, 0.15) is 36.7 Å². The first kappa shape index (κ1) is 22.3. The van der Waals surface area contributed by atoms with E-state index in [0.717, 1.165) is 15.6 Å². The smallest absolute Gasteiger partial charge is 0.259 e. The van der Waals surface area contributed by atoms with E-state index < -0.39 is 11.8 Å². The van der Waals surface area contributed by atoms with Gasteiger partial charge in [0.15, 0.2) is 11.5 Å². The van der Waals surface area contributed by atoms with E-state index in [9.17, 15) is 9.59 Å². The van der Waals surface area contributed by atoms with E-state index in [0.29, 0.717) is 22.8 Å². The van der Waals surface area contributed by atoms with Crippen LogP contribution in [-0.4, -0.2) is 37.3 Å². The molecule has 1 heterocycles. The molecule has 2 N–H and O–H groups in total. The van der Waals surface area contributed by atoms with Gasteiger partial charge in [-0.15, -0.1) is 11.3 Å². The highest BCUT2D eigenvalue weighted by Gasteiger charge is 2.13. The monoisotopic (exact) mass is 439 g/mol. The predicted molar refractivity (Wildman–Crippen MR) is 123 cm³/mol. The number of thiophene rings is 1. The Morgan fingerprint density at radius 3 is 2.65 bits per heavy atom. The third-order valence-corrected chi connectivity index (χ3v) is 5.38. The number of methoxy groups -OCH3 is 1. The molecule has 31 heavy (non-hydrogen) atoms. The fourth-order valence-corrected chi connectivity index (χ4v) is 3.93. The van der Waals surface area contributed by atoms with Gasteiger partial charge in [0, 0.05) is 26.6 Å². The molecule has 0 aliphatic heterocycles. The summed E-state index contributed by atoms with van der Waals surface area (Å²) in [6.45, 7) is 5.44. The Balaban J connectivity index is 1.58. The standard InChI is InChI=1S/C23H25N3O4S/c1-14(2)30-19-10-9-16(11-20(19)29-4)23(28)24-12-22(27)26-25-15(3)18-13-31-21-8-6-5-7-17(18)21/h5-11,13-14H,12H2,1-4H3,(H,24,28)(H,26,27). The minimum Gasteiger partial charge on any atom is -0.493 e. The maximum Gasteiger partial charge on any atom is 0.259 e. The first-order chi connectivity index (χ1) is 14.9. The summed E-state index contributed by atoms with van der Waals surface area (Å²) in [6.07, 6.45) is -0.0200. The molecule has 0 aliphatic carbocycles. The van der Waals surface area contributed by atoms with Crippen molar-refractivity contribution in [2.45, 2.75) is 26.9 Å². The lowest BCUT2D eigenvalue weighted by atomic mass is 10.1. The summed E-state index contributed by atoms with van der Waals surface area (Å²) in [5, 5.41) is 9.86. The second-order valence-corrected chi connectivity index (χ2v) is 8.00. The van der Waals surface area contributed by atoms with Crippen LogP contribution in [0.2, 0.25) is 0 Å². The third-order valence-electron chi connectivity index (χ3n) is 4.42. The number of hydrazone groups is 1. The van der Waals surface area contributed by atoms with Crippen LogP contribution in [0, 0.1) is 0 Å². The average Bonchev–Trinajstić information content (AvgIpc) is 3.20. The maximum atomic E-state index is 12.4. The van der Waals surface area contributed by atoms with Crippen molar-refractivity contribution in [2.75, 3.05) is 13.7 Å². The van der Waals surface area contributed by atoms with Gasteiger partial charge in [-0.2, -0.15) is 5.10 Å². The number of amides is 2. The predicted octanol–water partition coefficient (Wildman–Crippen LogP) is 3.97. The van der Waals surface area contributed by atoms with Crippen molar-refractivity contribution < 1.29 is 19.1 Å². The Morgan fingerprint density at radius 1 is 1.13 bits per heavy atom. The molecule has 162 valence electrons. The summed E-state index contributed by atoms with van der Waals surface area (Å²) in [5.41, 5.74) is 4.53. The largest absolute Gasteiger partial charge is 0.493 e. The Bertz CT molecular complexity index is 1120. The lowest BCUT2D eigenvalue weighted by Crippen LogP contribution is -2.35. The summed E-state index contributed by atoms with van der Waals surface area (Å²) in [6, 6.07) is 12.9. The molecule has 3 aromatic rings. The van der Waals surface area contributed by atoms with Crippen LogP contribution in [0.5, 0.6) is 11.5 Å². The number of ether oxygens (including phenoxy) is 2. The summed E-state index contributed by atoms with van der Waals surface area (Å²) >= 11 is 1.63. The molecule has 0 fully saturated rings. The molecule has 1 aromatic heterocycles. The number of hydrogen-bond donors (Lipinski definition) is 2. The van der Waals surface area contributed by atoms with Gasteiger partial charge >= 0.3 is 0 Å². The molecule has 8 heteroatoms. The van der Waals surface area contributed by atoms with E-state index in [1.807, 2.05) is 50.4 Å². The molecule has 0 saturated heterocycles. The Labute approximate surface area is 185 Å². The molecule has 0 radical (unpaired) electrons. The number of nitrogens with zero attached hydrogens (tertiary/aromatic N) is 1. The Morgan fingerprint density at radius 2 is 1.90 bits per heavy atom. The fraction of sp³-hybridized carbons (Fsp3) is 0.261. The normalized spacial score (nSPS) is 11.5. The lowest BCUT2D eigenvalue weighted by molar-refractivity contribution is -0.120. The second-order valence-electron chi connectivity index (χ2n) is 7.09. The van der Waals surface area contributed by atoms with E-state index in [1.54, 1.807) is 29.5 Å². The van der Waals surface area contributed by atoms with Crippen LogP contribution >= 0.6 is 11.3 Å². The van der Waals surface area contributed by atoms with Gasteiger partial charge in [0.2, 0.25) is 0 Å². The minimum atomic E-state index is -0.418. The lowest BCUT2D eigenvalue weighted by Gasteiger charge is -2.14. The molecule has 7 nitrogen and oxygen atoms in total. The number of carbonyl (C=O) groups is 2. The zero-order valence-electron chi connectivity index (χ0n) is 17.9. The quantitative estimate of drug-likeness (QED) is 0.411. The van der Waals surface area contributed by atoms with Gasteiger partial charge in [0.05, 0.1) is 25.5 Å².